The van der Waals surface area contributed by atoms with Crippen molar-refractivity contribution in [2.24, 2.45) is 0 Å². The zero-order valence-electron chi connectivity index (χ0n) is 6.82. The SMILES string of the molecule is Nc1scnc1C1CCCSC1. The van der Waals surface area contributed by atoms with E-state index >= 15 is 0 Å². The molecule has 1 fully saturated rings. The molecular weight excluding hydrogens is 188 g/mol. The van der Waals surface area contributed by atoms with Crippen LogP contribution < -0.4 is 5.73 Å². The van der Waals surface area contributed by atoms with Gasteiger partial charge in [0.25, 0.3) is 0 Å². The molecule has 0 saturated carbocycles. The van der Waals surface area contributed by atoms with Crippen LogP contribution in [0, 0.1) is 0 Å². The first-order valence-corrected chi connectivity index (χ1v) is 6.18. The van der Waals surface area contributed by atoms with E-state index in [2.05, 4.69) is 4.98 Å². The Kier molecular flexibility index (Phi) is 2.56. The highest BCUT2D eigenvalue weighted by Gasteiger charge is 2.19. The molecule has 1 aromatic rings. The monoisotopic (exact) mass is 200 g/mol. The smallest absolute Gasteiger partial charge is 0.109 e. The van der Waals surface area contributed by atoms with Crippen molar-refractivity contribution in [1.82, 2.24) is 4.98 Å². The first-order chi connectivity index (χ1) is 5.88. The van der Waals surface area contributed by atoms with E-state index in [1.165, 1.54) is 24.3 Å². The van der Waals surface area contributed by atoms with Gasteiger partial charge in [-0.25, -0.2) is 4.98 Å². The van der Waals surface area contributed by atoms with Crippen LogP contribution in [-0.2, 0) is 0 Å². The standard InChI is InChI=1S/C8H12N2S2/c9-8-7(10-5-12-8)6-2-1-3-11-4-6/h5-6H,1-4,9H2. The fourth-order valence-corrected chi connectivity index (χ4v) is 3.29. The summed E-state index contributed by atoms with van der Waals surface area (Å²) < 4.78 is 0. The Morgan fingerprint density at radius 3 is 3.08 bits per heavy atom. The summed E-state index contributed by atoms with van der Waals surface area (Å²) in [6.07, 6.45) is 2.58. The molecule has 2 heterocycles. The number of nitrogen functional groups attached to an aromatic ring is 1. The lowest BCUT2D eigenvalue weighted by Crippen LogP contribution is -2.10. The Balaban J connectivity index is 2.13. The Bertz CT molecular complexity index is 253. The third-order valence-corrected chi connectivity index (χ3v) is 4.06. The number of anilines is 1. The number of hydrogen-bond acceptors (Lipinski definition) is 4. The molecule has 2 N–H and O–H groups in total. The number of thioether (sulfide) groups is 1. The zero-order valence-corrected chi connectivity index (χ0v) is 8.46. The van der Waals surface area contributed by atoms with Gasteiger partial charge in [-0.3, -0.25) is 0 Å². The van der Waals surface area contributed by atoms with Crippen LogP contribution >= 0.6 is 23.1 Å². The minimum atomic E-state index is 0.620. The van der Waals surface area contributed by atoms with Crippen LogP contribution in [0.3, 0.4) is 0 Å². The van der Waals surface area contributed by atoms with Gasteiger partial charge in [0.2, 0.25) is 0 Å². The van der Waals surface area contributed by atoms with E-state index in [0.29, 0.717) is 5.92 Å². The van der Waals surface area contributed by atoms with Gasteiger partial charge in [-0.2, -0.15) is 11.8 Å². The van der Waals surface area contributed by atoms with E-state index in [-0.39, 0.29) is 0 Å². The van der Waals surface area contributed by atoms with E-state index in [9.17, 15) is 0 Å². The average molecular weight is 200 g/mol. The summed E-state index contributed by atoms with van der Waals surface area (Å²) in [6, 6.07) is 0. The normalized spacial score (nSPS) is 24.2. The Morgan fingerprint density at radius 1 is 1.58 bits per heavy atom. The summed E-state index contributed by atoms with van der Waals surface area (Å²) >= 11 is 3.57. The predicted molar refractivity (Wildman–Crippen MR) is 55.8 cm³/mol. The molecule has 66 valence electrons. The number of nitrogens with zero attached hydrogens (tertiary/aromatic N) is 1. The van der Waals surface area contributed by atoms with Crippen molar-refractivity contribution in [3.63, 3.8) is 0 Å². The molecule has 0 bridgehead atoms. The molecule has 1 aromatic heterocycles. The van der Waals surface area contributed by atoms with Gasteiger partial charge in [0.05, 0.1) is 11.2 Å². The van der Waals surface area contributed by atoms with Crippen LogP contribution in [0.5, 0.6) is 0 Å². The van der Waals surface area contributed by atoms with E-state index in [0.717, 1.165) is 10.7 Å². The molecule has 2 rings (SSSR count). The molecule has 1 saturated heterocycles. The number of thiazole rings is 1. The molecule has 1 atom stereocenters. The Morgan fingerprint density at radius 2 is 2.50 bits per heavy atom. The number of rotatable bonds is 1. The van der Waals surface area contributed by atoms with Gasteiger partial charge in [-0.1, -0.05) is 0 Å². The fraction of sp³-hybridized carbons (Fsp3) is 0.625. The largest absolute Gasteiger partial charge is 0.389 e. The highest BCUT2D eigenvalue weighted by molar-refractivity contribution is 7.99. The lowest BCUT2D eigenvalue weighted by atomic mass is 10.0. The van der Waals surface area contributed by atoms with Gasteiger partial charge < -0.3 is 5.73 Å². The summed E-state index contributed by atoms with van der Waals surface area (Å²) in [5.74, 6) is 3.13. The molecular formula is C8H12N2S2. The second kappa shape index (κ2) is 3.66. The van der Waals surface area contributed by atoms with E-state index in [1.54, 1.807) is 11.3 Å². The minimum absolute atomic E-state index is 0.620. The maximum absolute atomic E-state index is 5.82. The number of hydrogen-bond donors (Lipinski definition) is 1. The highest BCUT2D eigenvalue weighted by Crippen LogP contribution is 2.34. The third kappa shape index (κ3) is 1.59. The molecule has 2 nitrogen and oxygen atoms in total. The first kappa shape index (κ1) is 8.38. The van der Waals surface area contributed by atoms with Gasteiger partial charge in [-0.05, 0) is 18.6 Å². The van der Waals surface area contributed by atoms with Crippen LogP contribution in [0.1, 0.15) is 24.5 Å². The minimum Gasteiger partial charge on any atom is -0.389 e. The van der Waals surface area contributed by atoms with Crippen molar-refractivity contribution >= 4 is 28.1 Å². The summed E-state index contributed by atoms with van der Waals surface area (Å²) in [6.45, 7) is 0. The van der Waals surface area contributed by atoms with Gasteiger partial charge in [-0.15, -0.1) is 11.3 Å². The van der Waals surface area contributed by atoms with Crippen molar-refractivity contribution in [2.75, 3.05) is 17.2 Å². The molecule has 1 unspecified atom stereocenters. The second-order valence-corrected chi connectivity index (χ2v) is 5.05. The fourth-order valence-electron chi connectivity index (χ4n) is 1.53. The number of nitrogens with two attached hydrogens (primary N) is 1. The highest BCUT2D eigenvalue weighted by atomic mass is 32.2. The molecule has 0 aromatic carbocycles. The van der Waals surface area contributed by atoms with E-state index < -0.39 is 0 Å². The topological polar surface area (TPSA) is 38.9 Å². The zero-order chi connectivity index (χ0) is 8.39. The first-order valence-electron chi connectivity index (χ1n) is 4.14. The Labute approximate surface area is 80.6 Å². The predicted octanol–water partition coefficient (Wildman–Crippen LogP) is 2.34. The second-order valence-electron chi connectivity index (χ2n) is 3.02. The van der Waals surface area contributed by atoms with E-state index in [1.807, 2.05) is 17.3 Å². The molecule has 0 radical (unpaired) electrons. The lowest BCUT2D eigenvalue weighted by Gasteiger charge is -2.19. The van der Waals surface area contributed by atoms with Gasteiger partial charge >= 0.3 is 0 Å². The van der Waals surface area contributed by atoms with E-state index in [4.69, 9.17) is 5.73 Å². The van der Waals surface area contributed by atoms with Crippen LogP contribution in [0.25, 0.3) is 0 Å². The van der Waals surface area contributed by atoms with Crippen LogP contribution in [0.2, 0.25) is 0 Å². The maximum atomic E-state index is 5.82. The number of aromatic nitrogens is 1. The van der Waals surface area contributed by atoms with Crippen molar-refractivity contribution in [2.45, 2.75) is 18.8 Å². The molecule has 1 aliphatic heterocycles. The quantitative estimate of drug-likeness (QED) is 0.756. The van der Waals surface area contributed by atoms with Gasteiger partial charge in [0.15, 0.2) is 0 Å². The third-order valence-electron chi connectivity index (χ3n) is 2.17. The van der Waals surface area contributed by atoms with Crippen LogP contribution in [0.4, 0.5) is 5.00 Å². The van der Waals surface area contributed by atoms with Crippen molar-refractivity contribution < 1.29 is 0 Å². The Hall–Kier alpha value is -0.220. The lowest BCUT2D eigenvalue weighted by molar-refractivity contribution is 0.648. The molecule has 0 spiro atoms. The van der Waals surface area contributed by atoms with Gasteiger partial charge in [0, 0.05) is 11.7 Å². The van der Waals surface area contributed by atoms with Crippen LogP contribution in [0.15, 0.2) is 5.51 Å². The molecule has 0 aliphatic carbocycles. The summed E-state index contributed by atoms with van der Waals surface area (Å²) in [5.41, 5.74) is 8.81. The van der Waals surface area contributed by atoms with Crippen molar-refractivity contribution in [3.8, 4) is 0 Å². The molecule has 12 heavy (non-hydrogen) atoms. The van der Waals surface area contributed by atoms with Crippen LogP contribution in [-0.4, -0.2) is 16.5 Å². The average Bonchev–Trinajstić information content (AvgIpc) is 2.53. The molecule has 4 heteroatoms. The van der Waals surface area contributed by atoms with Crippen molar-refractivity contribution in [3.05, 3.63) is 11.2 Å². The molecule has 1 aliphatic rings. The summed E-state index contributed by atoms with van der Waals surface area (Å²) in [4.78, 5) is 4.32. The maximum Gasteiger partial charge on any atom is 0.109 e. The summed E-state index contributed by atoms with van der Waals surface area (Å²) in [7, 11) is 0. The molecule has 0 amide bonds. The summed E-state index contributed by atoms with van der Waals surface area (Å²) in [5, 5.41) is 0.919. The van der Waals surface area contributed by atoms with Gasteiger partial charge in [0.1, 0.15) is 5.00 Å². The van der Waals surface area contributed by atoms with Crippen molar-refractivity contribution in [1.29, 1.82) is 0 Å².